The zero-order valence-corrected chi connectivity index (χ0v) is 12.9. The number of ether oxygens (including phenoxy) is 2. The second-order valence-electron chi connectivity index (χ2n) is 5.36. The maximum Gasteiger partial charge on any atom is 0.133 e. The fraction of sp³-hybridized carbons (Fsp3) is 0.571. The van der Waals surface area contributed by atoms with Crippen LogP contribution in [0.3, 0.4) is 0 Å². The predicted octanol–water partition coefficient (Wildman–Crippen LogP) is 2.12. The van der Waals surface area contributed by atoms with Gasteiger partial charge in [0.05, 0.1) is 30.4 Å². The first-order valence-electron chi connectivity index (χ1n) is 6.37. The maximum atomic E-state index is 9.90. The van der Waals surface area contributed by atoms with Crippen molar-refractivity contribution in [3.05, 3.63) is 28.2 Å². The molecule has 0 amide bonds. The average molecular weight is 330 g/mol. The lowest BCUT2D eigenvalue weighted by atomic mass is 9.90. The predicted molar refractivity (Wildman–Crippen MR) is 77.4 cm³/mol. The number of likely N-dealkylation sites (N-methyl/N-ethyl adjacent to an activating group) is 1. The number of benzene rings is 1. The zero-order valence-electron chi connectivity index (χ0n) is 11.3. The summed E-state index contributed by atoms with van der Waals surface area (Å²) >= 11 is 3.49. The molecule has 1 aliphatic heterocycles. The molecule has 1 fully saturated rings. The first-order chi connectivity index (χ1) is 9.04. The summed E-state index contributed by atoms with van der Waals surface area (Å²) in [7, 11) is 1.82. The standard InChI is InChI=1S/C14H20BrNO3/c1-14(7-18-8-14)9-19-13-4-3-10(5-11(13)15)12(17)6-16-2/h3-5,12,16-17H,6-9H2,1-2H3. The molecule has 1 heterocycles. The van der Waals surface area contributed by atoms with Crippen LogP contribution in [0.15, 0.2) is 22.7 Å². The van der Waals surface area contributed by atoms with Gasteiger partial charge in [0.15, 0.2) is 0 Å². The molecule has 1 atom stereocenters. The molecular weight excluding hydrogens is 310 g/mol. The van der Waals surface area contributed by atoms with Gasteiger partial charge in [-0.1, -0.05) is 13.0 Å². The Balaban J connectivity index is 1.98. The molecule has 1 saturated heterocycles. The van der Waals surface area contributed by atoms with Gasteiger partial charge < -0.3 is 19.9 Å². The van der Waals surface area contributed by atoms with E-state index in [-0.39, 0.29) is 5.41 Å². The van der Waals surface area contributed by atoms with Crippen molar-refractivity contribution in [3.63, 3.8) is 0 Å². The topological polar surface area (TPSA) is 50.7 Å². The molecule has 0 aliphatic carbocycles. The Morgan fingerprint density at radius 1 is 1.53 bits per heavy atom. The van der Waals surface area contributed by atoms with Gasteiger partial charge in [-0.15, -0.1) is 0 Å². The summed E-state index contributed by atoms with van der Waals surface area (Å²) in [6.07, 6.45) is -0.507. The van der Waals surface area contributed by atoms with Gasteiger partial charge in [0.2, 0.25) is 0 Å². The number of hydrogen-bond donors (Lipinski definition) is 2. The first-order valence-corrected chi connectivity index (χ1v) is 7.16. The smallest absolute Gasteiger partial charge is 0.133 e. The van der Waals surface area contributed by atoms with Crippen molar-refractivity contribution in [2.75, 3.05) is 33.4 Å². The third kappa shape index (κ3) is 3.69. The maximum absolute atomic E-state index is 9.90. The monoisotopic (exact) mass is 329 g/mol. The lowest BCUT2D eigenvalue weighted by Crippen LogP contribution is -2.44. The van der Waals surface area contributed by atoms with Gasteiger partial charge in [0.1, 0.15) is 5.75 Å². The Labute approximate surface area is 122 Å². The largest absolute Gasteiger partial charge is 0.492 e. The van der Waals surface area contributed by atoms with Crippen molar-refractivity contribution in [2.45, 2.75) is 13.0 Å². The lowest BCUT2D eigenvalue weighted by molar-refractivity contribution is -0.120. The van der Waals surface area contributed by atoms with Crippen LogP contribution in [0, 0.1) is 5.41 Å². The number of aliphatic hydroxyl groups excluding tert-OH is 1. The van der Waals surface area contributed by atoms with Crippen LogP contribution in [0.5, 0.6) is 5.75 Å². The third-order valence-electron chi connectivity index (χ3n) is 3.22. The molecule has 0 bridgehead atoms. The van der Waals surface area contributed by atoms with E-state index < -0.39 is 6.10 Å². The quantitative estimate of drug-likeness (QED) is 0.839. The molecule has 1 aromatic rings. The van der Waals surface area contributed by atoms with Gasteiger partial charge in [-0.3, -0.25) is 0 Å². The summed E-state index contributed by atoms with van der Waals surface area (Å²) in [4.78, 5) is 0. The van der Waals surface area contributed by atoms with Crippen molar-refractivity contribution in [1.29, 1.82) is 0 Å². The second-order valence-corrected chi connectivity index (χ2v) is 6.21. The highest BCUT2D eigenvalue weighted by atomic mass is 79.9. The highest BCUT2D eigenvalue weighted by Crippen LogP contribution is 2.32. The van der Waals surface area contributed by atoms with Crippen LogP contribution in [-0.4, -0.2) is 38.5 Å². The van der Waals surface area contributed by atoms with Gasteiger partial charge in [-0.2, -0.15) is 0 Å². The SMILES string of the molecule is CNCC(O)c1ccc(OCC2(C)COC2)c(Br)c1. The summed E-state index contributed by atoms with van der Waals surface area (Å²) in [5, 5.41) is 12.9. The highest BCUT2D eigenvalue weighted by molar-refractivity contribution is 9.10. The third-order valence-corrected chi connectivity index (χ3v) is 3.84. The number of hydrogen-bond acceptors (Lipinski definition) is 4. The molecule has 1 unspecified atom stereocenters. The van der Waals surface area contributed by atoms with E-state index in [1.165, 1.54) is 0 Å². The minimum Gasteiger partial charge on any atom is -0.492 e. The van der Waals surface area contributed by atoms with Crippen LogP contribution in [0.4, 0.5) is 0 Å². The van der Waals surface area contributed by atoms with Crippen LogP contribution in [-0.2, 0) is 4.74 Å². The second kappa shape index (κ2) is 6.22. The molecule has 4 nitrogen and oxygen atoms in total. The van der Waals surface area contributed by atoms with Crippen molar-refractivity contribution >= 4 is 15.9 Å². The van der Waals surface area contributed by atoms with Gasteiger partial charge in [-0.25, -0.2) is 0 Å². The molecule has 0 spiro atoms. The molecule has 0 aromatic heterocycles. The fourth-order valence-corrected chi connectivity index (χ4v) is 2.45. The summed E-state index contributed by atoms with van der Waals surface area (Å²) in [6.45, 7) is 4.83. The van der Waals surface area contributed by atoms with Gasteiger partial charge in [0, 0.05) is 12.0 Å². The molecular formula is C14H20BrNO3. The van der Waals surface area contributed by atoms with Crippen LogP contribution >= 0.6 is 15.9 Å². The summed E-state index contributed by atoms with van der Waals surface area (Å²) in [6, 6.07) is 5.68. The molecule has 0 saturated carbocycles. The van der Waals surface area contributed by atoms with E-state index in [2.05, 4.69) is 28.2 Å². The number of rotatable bonds is 6. The van der Waals surface area contributed by atoms with Crippen LogP contribution in [0.1, 0.15) is 18.6 Å². The van der Waals surface area contributed by atoms with E-state index in [0.29, 0.717) is 13.2 Å². The van der Waals surface area contributed by atoms with Crippen molar-refractivity contribution in [1.82, 2.24) is 5.32 Å². The summed E-state index contributed by atoms with van der Waals surface area (Å²) < 4.78 is 11.9. The van der Waals surface area contributed by atoms with E-state index >= 15 is 0 Å². The molecule has 0 radical (unpaired) electrons. The minimum absolute atomic E-state index is 0.129. The van der Waals surface area contributed by atoms with E-state index in [1.807, 2.05) is 25.2 Å². The van der Waals surface area contributed by atoms with Crippen LogP contribution in [0.25, 0.3) is 0 Å². The molecule has 5 heteroatoms. The van der Waals surface area contributed by atoms with Gasteiger partial charge in [0.25, 0.3) is 0 Å². The van der Waals surface area contributed by atoms with E-state index in [9.17, 15) is 5.11 Å². The Hall–Kier alpha value is -0.620. The van der Waals surface area contributed by atoms with E-state index in [0.717, 1.165) is 29.0 Å². The Kier molecular flexibility index (Phi) is 4.84. The van der Waals surface area contributed by atoms with Crippen LogP contribution in [0.2, 0.25) is 0 Å². The van der Waals surface area contributed by atoms with E-state index in [1.54, 1.807) is 0 Å². The summed E-state index contributed by atoms with van der Waals surface area (Å²) in [5.74, 6) is 0.800. The van der Waals surface area contributed by atoms with E-state index in [4.69, 9.17) is 9.47 Å². The summed E-state index contributed by atoms with van der Waals surface area (Å²) in [5.41, 5.74) is 0.996. The number of aliphatic hydroxyl groups is 1. The molecule has 106 valence electrons. The highest BCUT2D eigenvalue weighted by Gasteiger charge is 2.34. The normalized spacial score (nSPS) is 18.7. The molecule has 1 aliphatic rings. The van der Waals surface area contributed by atoms with Crippen molar-refractivity contribution < 1.29 is 14.6 Å². The molecule has 2 rings (SSSR count). The van der Waals surface area contributed by atoms with Gasteiger partial charge >= 0.3 is 0 Å². The molecule has 2 N–H and O–H groups in total. The zero-order chi connectivity index (χ0) is 13.9. The molecule has 1 aromatic carbocycles. The molecule has 19 heavy (non-hydrogen) atoms. The van der Waals surface area contributed by atoms with Gasteiger partial charge in [-0.05, 0) is 40.7 Å². The van der Waals surface area contributed by atoms with Crippen molar-refractivity contribution in [2.24, 2.45) is 5.41 Å². The van der Waals surface area contributed by atoms with Crippen molar-refractivity contribution in [3.8, 4) is 5.75 Å². The number of nitrogens with one attached hydrogen (secondary N) is 1. The minimum atomic E-state index is -0.507. The average Bonchev–Trinajstić information content (AvgIpc) is 2.35. The first kappa shape index (κ1) is 14.8. The van der Waals surface area contributed by atoms with Crippen LogP contribution < -0.4 is 10.1 Å². The fourth-order valence-electron chi connectivity index (χ4n) is 1.94. The number of halogens is 1. The Morgan fingerprint density at radius 3 is 2.79 bits per heavy atom. The Morgan fingerprint density at radius 2 is 2.26 bits per heavy atom. The Bertz CT molecular complexity index is 435. The lowest BCUT2D eigenvalue weighted by Gasteiger charge is -2.37.